The zero-order valence-electron chi connectivity index (χ0n) is 10.5. The van der Waals surface area contributed by atoms with E-state index < -0.39 is 0 Å². The SMILES string of the molecule is CN(Cc1cnn(C)c1)C(=O)C[C@H]1C=CCC1. The molecule has 2 rings (SSSR count). The molecule has 0 fully saturated rings. The average Bonchev–Trinajstić information content (AvgIpc) is 2.90. The second-order valence-corrected chi connectivity index (χ2v) is 4.74. The smallest absolute Gasteiger partial charge is 0.223 e. The summed E-state index contributed by atoms with van der Waals surface area (Å²) in [6.07, 6.45) is 10.9. The van der Waals surface area contributed by atoms with Crippen molar-refractivity contribution in [3.63, 3.8) is 0 Å². The van der Waals surface area contributed by atoms with Crippen LogP contribution in [0.1, 0.15) is 24.8 Å². The van der Waals surface area contributed by atoms with Crippen molar-refractivity contribution < 1.29 is 4.79 Å². The molecule has 1 aromatic heterocycles. The van der Waals surface area contributed by atoms with Crippen molar-refractivity contribution in [1.82, 2.24) is 14.7 Å². The zero-order chi connectivity index (χ0) is 12.3. The monoisotopic (exact) mass is 233 g/mol. The zero-order valence-corrected chi connectivity index (χ0v) is 10.5. The standard InChI is InChI=1S/C13H19N3O/c1-15(9-12-8-14-16(2)10-12)13(17)7-11-5-3-4-6-11/h3,5,8,10-11H,4,6-7,9H2,1-2H3/t11-/m0/s1. The van der Waals surface area contributed by atoms with Crippen LogP contribution in [-0.2, 0) is 18.4 Å². The van der Waals surface area contributed by atoms with Crippen LogP contribution in [0.4, 0.5) is 0 Å². The van der Waals surface area contributed by atoms with Crippen LogP contribution in [-0.4, -0.2) is 27.6 Å². The fourth-order valence-corrected chi connectivity index (χ4v) is 2.16. The molecule has 0 radical (unpaired) electrons. The molecule has 0 aliphatic heterocycles. The van der Waals surface area contributed by atoms with E-state index in [2.05, 4.69) is 17.3 Å². The van der Waals surface area contributed by atoms with Crippen molar-refractivity contribution >= 4 is 5.91 Å². The third-order valence-electron chi connectivity index (χ3n) is 3.15. The Balaban J connectivity index is 1.84. The summed E-state index contributed by atoms with van der Waals surface area (Å²) in [4.78, 5) is 13.8. The first-order chi connectivity index (χ1) is 8.15. The van der Waals surface area contributed by atoms with Crippen LogP contribution in [0.3, 0.4) is 0 Å². The topological polar surface area (TPSA) is 38.1 Å². The van der Waals surface area contributed by atoms with Crippen LogP contribution in [0.25, 0.3) is 0 Å². The Morgan fingerprint density at radius 3 is 3.06 bits per heavy atom. The second-order valence-electron chi connectivity index (χ2n) is 4.74. The molecule has 1 amide bonds. The Bertz CT molecular complexity index is 422. The number of hydrogen-bond acceptors (Lipinski definition) is 2. The summed E-state index contributed by atoms with van der Waals surface area (Å²) in [6, 6.07) is 0. The van der Waals surface area contributed by atoms with Crippen molar-refractivity contribution in [2.24, 2.45) is 13.0 Å². The third-order valence-corrected chi connectivity index (χ3v) is 3.15. The highest BCUT2D eigenvalue weighted by atomic mass is 16.2. The molecule has 0 aromatic carbocycles. The molecule has 92 valence electrons. The van der Waals surface area contributed by atoms with Crippen LogP contribution >= 0.6 is 0 Å². The fraction of sp³-hybridized carbons (Fsp3) is 0.538. The molecule has 0 spiro atoms. The third kappa shape index (κ3) is 3.19. The Morgan fingerprint density at radius 2 is 2.47 bits per heavy atom. The first kappa shape index (κ1) is 11.9. The quantitative estimate of drug-likeness (QED) is 0.743. The van der Waals surface area contributed by atoms with Crippen LogP contribution < -0.4 is 0 Å². The minimum atomic E-state index is 0.213. The minimum absolute atomic E-state index is 0.213. The van der Waals surface area contributed by atoms with Crippen molar-refractivity contribution in [2.45, 2.75) is 25.8 Å². The van der Waals surface area contributed by atoms with Crippen LogP contribution in [0.15, 0.2) is 24.5 Å². The highest BCUT2D eigenvalue weighted by Gasteiger charge is 2.17. The lowest BCUT2D eigenvalue weighted by Gasteiger charge is -2.18. The number of amides is 1. The van der Waals surface area contributed by atoms with Gasteiger partial charge in [-0.2, -0.15) is 5.10 Å². The predicted molar refractivity (Wildman–Crippen MR) is 66.2 cm³/mol. The van der Waals surface area contributed by atoms with E-state index in [0.717, 1.165) is 18.4 Å². The van der Waals surface area contributed by atoms with Gasteiger partial charge in [-0.25, -0.2) is 0 Å². The molecule has 0 bridgehead atoms. The first-order valence-electron chi connectivity index (χ1n) is 6.03. The Hall–Kier alpha value is -1.58. The normalized spacial score (nSPS) is 18.6. The molecular formula is C13H19N3O. The van der Waals surface area contributed by atoms with Gasteiger partial charge in [-0.15, -0.1) is 0 Å². The van der Waals surface area contributed by atoms with E-state index in [0.29, 0.717) is 18.9 Å². The van der Waals surface area contributed by atoms with Gasteiger partial charge in [-0.05, 0) is 18.8 Å². The molecule has 0 saturated heterocycles. The summed E-state index contributed by atoms with van der Waals surface area (Å²) in [6.45, 7) is 0.642. The molecule has 1 aliphatic rings. The lowest BCUT2D eigenvalue weighted by atomic mass is 10.0. The highest BCUT2D eigenvalue weighted by Crippen LogP contribution is 2.21. The molecule has 0 N–H and O–H groups in total. The van der Waals surface area contributed by atoms with Gasteiger partial charge in [0.2, 0.25) is 5.91 Å². The Kier molecular flexibility index (Phi) is 3.61. The largest absolute Gasteiger partial charge is 0.341 e. The van der Waals surface area contributed by atoms with Crippen LogP contribution in [0.2, 0.25) is 0 Å². The molecule has 1 aliphatic carbocycles. The van der Waals surface area contributed by atoms with Gasteiger partial charge in [-0.1, -0.05) is 12.2 Å². The number of nitrogens with zero attached hydrogens (tertiary/aromatic N) is 3. The van der Waals surface area contributed by atoms with Crippen LogP contribution in [0.5, 0.6) is 0 Å². The molecule has 17 heavy (non-hydrogen) atoms. The summed E-state index contributed by atoms with van der Waals surface area (Å²) in [5.41, 5.74) is 1.07. The number of aryl methyl sites for hydroxylation is 1. The van der Waals surface area contributed by atoms with Gasteiger partial charge < -0.3 is 4.90 Å². The predicted octanol–water partition coefficient (Wildman–Crippen LogP) is 1.73. The summed E-state index contributed by atoms with van der Waals surface area (Å²) >= 11 is 0. The van der Waals surface area contributed by atoms with Gasteiger partial charge in [0.15, 0.2) is 0 Å². The lowest BCUT2D eigenvalue weighted by Crippen LogP contribution is -2.27. The summed E-state index contributed by atoms with van der Waals surface area (Å²) in [7, 11) is 3.74. The molecule has 0 unspecified atom stereocenters. The summed E-state index contributed by atoms with van der Waals surface area (Å²) in [5, 5.41) is 4.10. The molecule has 1 aromatic rings. The van der Waals surface area contributed by atoms with E-state index in [1.807, 2.05) is 20.3 Å². The van der Waals surface area contributed by atoms with Gasteiger partial charge in [0, 0.05) is 38.8 Å². The minimum Gasteiger partial charge on any atom is -0.341 e. The van der Waals surface area contributed by atoms with Gasteiger partial charge in [-0.3, -0.25) is 9.48 Å². The number of aromatic nitrogens is 2. The van der Waals surface area contributed by atoms with Gasteiger partial charge in [0.05, 0.1) is 6.20 Å². The van der Waals surface area contributed by atoms with Crippen molar-refractivity contribution in [1.29, 1.82) is 0 Å². The highest BCUT2D eigenvalue weighted by molar-refractivity contribution is 5.76. The average molecular weight is 233 g/mol. The summed E-state index contributed by atoms with van der Waals surface area (Å²) < 4.78 is 1.76. The van der Waals surface area contributed by atoms with E-state index in [9.17, 15) is 4.79 Å². The van der Waals surface area contributed by atoms with E-state index in [4.69, 9.17) is 0 Å². The van der Waals surface area contributed by atoms with Crippen molar-refractivity contribution in [2.75, 3.05) is 7.05 Å². The summed E-state index contributed by atoms with van der Waals surface area (Å²) in [5.74, 6) is 0.657. The number of hydrogen-bond donors (Lipinski definition) is 0. The number of rotatable bonds is 4. The number of carbonyl (C=O) groups is 1. The maximum Gasteiger partial charge on any atom is 0.223 e. The van der Waals surface area contributed by atoms with Gasteiger partial charge in [0.25, 0.3) is 0 Å². The molecule has 4 heteroatoms. The van der Waals surface area contributed by atoms with Crippen molar-refractivity contribution in [3.05, 3.63) is 30.1 Å². The maximum atomic E-state index is 12.0. The van der Waals surface area contributed by atoms with E-state index >= 15 is 0 Å². The molecular weight excluding hydrogens is 214 g/mol. The Labute approximate surface area is 102 Å². The maximum absolute atomic E-state index is 12.0. The molecule has 1 heterocycles. The molecule has 4 nitrogen and oxygen atoms in total. The first-order valence-corrected chi connectivity index (χ1v) is 6.03. The number of carbonyl (C=O) groups excluding carboxylic acids is 1. The van der Waals surface area contributed by atoms with E-state index in [1.165, 1.54) is 0 Å². The second kappa shape index (κ2) is 5.17. The van der Waals surface area contributed by atoms with Gasteiger partial charge >= 0.3 is 0 Å². The fourth-order valence-electron chi connectivity index (χ4n) is 2.16. The Morgan fingerprint density at radius 1 is 1.65 bits per heavy atom. The van der Waals surface area contributed by atoms with Crippen molar-refractivity contribution in [3.8, 4) is 0 Å². The molecule has 1 atom stereocenters. The van der Waals surface area contributed by atoms with Crippen LogP contribution in [0, 0.1) is 5.92 Å². The van der Waals surface area contributed by atoms with Gasteiger partial charge in [0.1, 0.15) is 0 Å². The number of allylic oxidation sites excluding steroid dienone is 2. The molecule has 0 saturated carbocycles. The van der Waals surface area contributed by atoms with E-state index in [1.54, 1.807) is 15.8 Å². The van der Waals surface area contributed by atoms with E-state index in [-0.39, 0.29) is 5.91 Å². The lowest BCUT2D eigenvalue weighted by molar-refractivity contribution is -0.131.